The van der Waals surface area contributed by atoms with E-state index in [-0.39, 0.29) is 0 Å². The Kier molecular flexibility index (Phi) is 2.29. The average Bonchev–Trinajstić information content (AvgIpc) is 2.82. The average molecular weight is 265 g/mol. The Balaban J connectivity index is 2.11. The highest BCUT2D eigenvalue weighted by Crippen LogP contribution is 2.30. The Morgan fingerprint density at radius 1 is 1.33 bits per heavy atom. The van der Waals surface area contributed by atoms with Gasteiger partial charge in [0.05, 0.1) is 0 Å². The van der Waals surface area contributed by atoms with E-state index >= 15 is 0 Å². The van der Waals surface area contributed by atoms with E-state index in [4.69, 9.17) is 0 Å². The molecule has 1 aliphatic rings. The molecular weight excluding hydrogens is 252 g/mol. The predicted octanol–water partition coefficient (Wildman–Crippen LogP) is 3.01. The lowest BCUT2D eigenvalue weighted by Gasteiger charge is -2.06. The molecule has 0 aliphatic carbocycles. The molecule has 2 heterocycles. The summed E-state index contributed by atoms with van der Waals surface area (Å²) in [5.41, 5.74) is 2.69. The summed E-state index contributed by atoms with van der Waals surface area (Å²) in [6, 6.07) is 6.45. The van der Waals surface area contributed by atoms with Crippen LogP contribution < -0.4 is 5.32 Å². The molecular formula is C12H13BrN2. The predicted molar refractivity (Wildman–Crippen MR) is 66.2 cm³/mol. The number of H-pyrrole nitrogens is 1. The number of rotatable bonds is 1. The monoisotopic (exact) mass is 264 g/mol. The van der Waals surface area contributed by atoms with Crippen LogP contribution in [0.4, 0.5) is 0 Å². The Hall–Kier alpha value is -0.800. The van der Waals surface area contributed by atoms with Gasteiger partial charge in [-0.05, 0) is 36.6 Å². The zero-order chi connectivity index (χ0) is 10.3. The van der Waals surface area contributed by atoms with Gasteiger partial charge in [0.1, 0.15) is 0 Å². The van der Waals surface area contributed by atoms with Crippen molar-refractivity contribution in [1.82, 2.24) is 10.3 Å². The molecule has 3 rings (SSSR count). The third-order valence-electron chi connectivity index (χ3n) is 3.18. The summed E-state index contributed by atoms with van der Waals surface area (Å²) >= 11 is 3.49. The molecule has 1 atom stereocenters. The second-order valence-corrected chi connectivity index (χ2v) is 5.04. The van der Waals surface area contributed by atoms with E-state index in [0.717, 1.165) is 17.6 Å². The van der Waals surface area contributed by atoms with E-state index in [1.54, 1.807) is 0 Å². The smallest absolute Gasteiger partial charge is 0.0468 e. The second kappa shape index (κ2) is 3.65. The van der Waals surface area contributed by atoms with Gasteiger partial charge in [0.15, 0.2) is 0 Å². The van der Waals surface area contributed by atoms with E-state index < -0.39 is 0 Å². The third kappa shape index (κ3) is 1.60. The van der Waals surface area contributed by atoms with Crippen LogP contribution in [-0.2, 0) is 0 Å². The van der Waals surface area contributed by atoms with Crippen molar-refractivity contribution in [3.05, 3.63) is 34.4 Å². The summed E-state index contributed by atoms with van der Waals surface area (Å²) in [6.07, 6.45) is 3.41. The maximum Gasteiger partial charge on any atom is 0.0468 e. The number of halogens is 1. The van der Waals surface area contributed by atoms with Gasteiger partial charge in [-0.1, -0.05) is 22.0 Å². The molecule has 1 aromatic heterocycles. The number of aromatic amines is 1. The molecule has 78 valence electrons. The maximum atomic E-state index is 3.49. The van der Waals surface area contributed by atoms with Gasteiger partial charge in [-0.2, -0.15) is 0 Å². The van der Waals surface area contributed by atoms with E-state index in [0.29, 0.717) is 5.92 Å². The first-order chi connectivity index (χ1) is 7.34. The topological polar surface area (TPSA) is 27.8 Å². The molecule has 2 nitrogen and oxygen atoms in total. The van der Waals surface area contributed by atoms with Gasteiger partial charge in [-0.15, -0.1) is 0 Å². The summed E-state index contributed by atoms with van der Waals surface area (Å²) in [5.74, 6) is 0.680. The van der Waals surface area contributed by atoms with Gasteiger partial charge >= 0.3 is 0 Å². The quantitative estimate of drug-likeness (QED) is 0.815. The van der Waals surface area contributed by atoms with Crippen LogP contribution in [-0.4, -0.2) is 18.1 Å². The SMILES string of the molecule is Brc1ccc2c(C3CCNC3)c[nH]c2c1. The minimum Gasteiger partial charge on any atom is -0.361 e. The Bertz CT molecular complexity index is 483. The molecule has 0 bridgehead atoms. The molecule has 0 radical (unpaired) electrons. The summed E-state index contributed by atoms with van der Waals surface area (Å²) in [6.45, 7) is 2.26. The van der Waals surface area contributed by atoms with Crippen molar-refractivity contribution in [3.63, 3.8) is 0 Å². The van der Waals surface area contributed by atoms with Gasteiger partial charge in [0.25, 0.3) is 0 Å². The van der Waals surface area contributed by atoms with E-state index in [2.05, 4.69) is 50.6 Å². The maximum absolute atomic E-state index is 3.49. The van der Waals surface area contributed by atoms with Gasteiger partial charge < -0.3 is 10.3 Å². The van der Waals surface area contributed by atoms with Gasteiger partial charge in [0, 0.05) is 28.1 Å². The van der Waals surface area contributed by atoms with Gasteiger partial charge in [-0.3, -0.25) is 0 Å². The summed E-state index contributed by atoms with van der Waals surface area (Å²) in [4.78, 5) is 3.35. The molecule has 1 aliphatic heterocycles. The lowest BCUT2D eigenvalue weighted by molar-refractivity contribution is 0.769. The Morgan fingerprint density at radius 3 is 3.07 bits per heavy atom. The largest absolute Gasteiger partial charge is 0.361 e. The third-order valence-corrected chi connectivity index (χ3v) is 3.67. The second-order valence-electron chi connectivity index (χ2n) is 4.12. The zero-order valence-electron chi connectivity index (χ0n) is 8.39. The van der Waals surface area contributed by atoms with Crippen molar-refractivity contribution >= 4 is 26.8 Å². The lowest BCUT2D eigenvalue weighted by Crippen LogP contribution is -2.07. The fourth-order valence-corrected chi connectivity index (χ4v) is 2.74. The zero-order valence-corrected chi connectivity index (χ0v) is 9.97. The van der Waals surface area contributed by atoms with Crippen LogP contribution in [0.3, 0.4) is 0 Å². The van der Waals surface area contributed by atoms with E-state index in [9.17, 15) is 0 Å². The number of aromatic nitrogens is 1. The van der Waals surface area contributed by atoms with Crippen molar-refractivity contribution in [2.45, 2.75) is 12.3 Å². The van der Waals surface area contributed by atoms with Crippen LogP contribution in [0.2, 0.25) is 0 Å². The van der Waals surface area contributed by atoms with Crippen LogP contribution in [0.1, 0.15) is 17.9 Å². The first-order valence-corrected chi connectivity index (χ1v) is 6.11. The minimum atomic E-state index is 0.680. The number of fused-ring (bicyclic) bond motifs is 1. The molecule has 3 heteroatoms. The molecule has 2 aromatic rings. The van der Waals surface area contributed by atoms with Crippen molar-refractivity contribution < 1.29 is 0 Å². The molecule has 1 fully saturated rings. The summed E-state index contributed by atoms with van der Waals surface area (Å²) < 4.78 is 1.13. The Labute approximate surface area is 97.2 Å². The highest BCUT2D eigenvalue weighted by molar-refractivity contribution is 9.10. The molecule has 0 saturated carbocycles. The highest BCUT2D eigenvalue weighted by Gasteiger charge is 2.19. The van der Waals surface area contributed by atoms with Crippen molar-refractivity contribution in [3.8, 4) is 0 Å². The van der Waals surface area contributed by atoms with Gasteiger partial charge in [0.2, 0.25) is 0 Å². The van der Waals surface area contributed by atoms with Crippen LogP contribution >= 0.6 is 15.9 Å². The fraction of sp³-hybridized carbons (Fsp3) is 0.333. The van der Waals surface area contributed by atoms with E-state index in [1.807, 2.05) is 0 Å². The summed E-state index contributed by atoms with van der Waals surface area (Å²) in [7, 11) is 0. The number of hydrogen-bond donors (Lipinski definition) is 2. The number of benzene rings is 1. The molecule has 0 amide bonds. The lowest BCUT2D eigenvalue weighted by atomic mass is 9.98. The van der Waals surface area contributed by atoms with Crippen LogP contribution in [0.25, 0.3) is 10.9 Å². The molecule has 15 heavy (non-hydrogen) atoms. The number of hydrogen-bond acceptors (Lipinski definition) is 1. The first kappa shape index (κ1) is 9.43. The minimum absolute atomic E-state index is 0.680. The fourth-order valence-electron chi connectivity index (χ4n) is 2.38. The van der Waals surface area contributed by atoms with Crippen molar-refractivity contribution in [2.75, 3.05) is 13.1 Å². The molecule has 1 saturated heterocycles. The van der Waals surface area contributed by atoms with Gasteiger partial charge in [-0.25, -0.2) is 0 Å². The summed E-state index contributed by atoms with van der Waals surface area (Å²) in [5, 5.41) is 4.78. The molecule has 1 aromatic carbocycles. The van der Waals surface area contributed by atoms with Crippen molar-refractivity contribution in [1.29, 1.82) is 0 Å². The van der Waals surface area contributed by atoms with Crippen LogP contribution in [0.5, 0.6) is 0 Å². The van der Waals surface area contributed by atoms with Crippen LogP contribution in [0, 0.1) is 0 Å². The molecule has 2 N–H and O–H groups in total. The molecule has 0 spiro atoms. The number of nitrogens with one attached hydrogen (secondary N) is 2. The normalized spacial score (nSPS) is 21.3. The van der Waals surface area contributed by atoms with Crippen LogP contribution in [0.15, 0.2) is 28.9 Å². The van der Waals surface area contributed by atoms with E-state index in [1.165, 1.54) is 22.9 Å². The highest BCUT2D eigenvalue weighted by atomic mass is 79.9. The Morgan fingerprint density at radius 2 is 2.27 bits per heavy atom. The standard InChI is InChI=1S/C12H13BrN2/c13-9-1-2-10-11(7-15-12(10)5-9)8-3-4-14-6-8/h1-2,5,7-8,14-15H,3-4,6H2. The van der Waals surface area contributed by atoms with Crippen molar-refractivity contribution in [2.24, 2.45) is 0 Å². The first-order valence-electron chi connectivity index (χ1n) is 5.32. The molecule has 1 unspecified atom stereocenters.